The highest BCUT2D eigenvalue weighted by Crippen LogP contribution is 2.26. The zero-order valence-corrected chi connectivity index (χ0v) is 19.8. The number of hydrogen-bond acceptors (Lipinski definition) is 7. The Labute approximate surface area is 188 Å². The van der Waals surface area contributed by atoms with Gasteiger partial charge in [-0.15, -0.1) is 0 Å². The molecule has 32 heavy (non-hydrogen) atoms. The highest BCUT2D eigenvalue weighted by Gasteiger charge is 2.28. The lowest BCUT2D eigenvalue weighted by Gasteiger charge is -2.16. The first-order chi connectivity index (χ1) is 15.6. The number of ether oxygens (including phenoxy) is 2. The second-order valence-electron chi connectivity index (χ2n) is 5.99. The van der Waals surface area contributed by atoms with Crippen LogP contribution < -0.4 is 16.6 Å². The van der Waals surface area contributed by atoms with Crippen molar-refractivity contribution in [2.75, 3.05) is 20.8 Å². The van der Waals surface area contributed by atoms with Gasteiger partial charge >= 0.3 is 5.69 Å². The van der Waals surface area contributed by atoms with Gasteiger partial charge in [0.1, 0.15) is 11.8 Å². The summed E-state index contributed by atoms with van der Waals surface area (Å²) in [7, 11) is 2.58. The standard InChI is InChI=1S/C17H20N4O5.2C2H6.CH4O/c1-25-10-12-2-3-14(26-12)21-9-13(16(23)20-17(21)24)15(22)19-8-11-4-6-18-7-5-11;3*1-2/h4-7,9,12,14H,2-3,8,10H2,1H3,(H,19,22)(H,20,23,24);2*1-2H3;2H,1H3. The van der Waals surface area contributed by atoms with Gasteiger partial charge in [0.05, 0.1) is 12.7 Å². The van der Waals surface area contributed by atoms with Gasteiger partial charge in [-0.05, 0) is 30.5 Å². The Kier molecular flexibility index (Phi) is 15.3. The van der Waals surface area contributed by atoms with E-state index in [0.29, 0.717) is 13.0 Å². The molecule has 1 aliphatic heterocycles. The molecule has 1 saturated heterocycles. The normalized spacial score (nSPS) is 16.3. The Morgan fingerprint density at radius 2 is 1.84 bits per heavy atom. The van der Waals surface area contributed by atoms with Crippen LogP contribution in [-0.4, -0.2) is 52.5 Å². The molecule has 3 rings (SSSR count). The molecular formula is C22H36N4O6. The van der Waals surface area contributed by atoms with E-state index < -0.39 is 23.4 Å². The topological polar surface area (TPSA) is 136 Å². The van der Waals surface area contributed by atoms with Crippen molar-refractivity contribution >= 4 is 5.91 Å². The summed E-state index contributed by atoms with van der Waals surface area (Å²) in [5.74, 6) is -0.566. The number of amides is 1. The van der Waals surface area contributed by atoms with E-state index in [1.807, 2.05) is 27.7 Å². The van der Waals surface area contributed by atoms with Gasteiger partial charge in [-0.1, -0.05) is 27.7 Å². The van der Waals surface area contributed by atoms with Crippen LogP contribution in [0.2, 0.25) is 0 Å². The zero-order chi connectivity index (χ0) is 24.5. The van der Waals surface area contributed by atoms with E-state index in [4.69, 9.17) is 14.6 Å². The van der Waals surface area contributed by atoms with Gasteiger partial charge in [-0.25, -0.2) is 4.79 Å². The number of H-pyrrole nitrogens is 1. The summed E-state index contributed by atoms with van der Waals surface area (Å²) in [5, 5.41) is 9.66. The monoisotopic (exact) mass is 452 g/mol. The molecule has 3 N–H and O–H groups in total. The Balaban J connectivity index is 0.00000148. The second-order valence-corrected chi connectivity index (χ2v) is 5.99. The lowest BCUT2D eigenvalue weighted by atomic mass is 10.2. The molecule has 0 aliphatic carbocycles. The van der Waals surface area contributed by atoms with Crippen molar-refractivity contribution in [2.45, 2.75) is 59.4 Å². The highest BCUT2D eigenvalue weighted by atomic mass is 16.5. The number of rotatable bonds is 6. The summed E-state index contributed by atoms with van der Waals surface area (Å²) in [6.07, 6.45) is 5.15. The van der Waals surface area contributed by atoms with Crippen LogP contribution in [0.15, 0.2) is 40.3 Å². The largest absolute Gasteiger partial charge is 0.400 e. The quantitative estimate of drug-likeness (QED) is 0.608. The zero-order valence-electron chi connectivity index (χ0n) is 19.8. The maximum Gasteiger partial charge on any atom is 0.330 e. The summed E-state index contributed by atoms with van der Waals surface area (Å²) >= 11 is 0. The SMILES string of the molecule is CC.CC.CO.COCC1CCC(n2cc(C(=O)NCc3ccncc3)c(=O)[nH]c2=O)O1. The van der Waals surface area contributed by atoms with Crippen LogP contribution in [0.1, 0.15) is 62.7 Å². The predicted octanol–water partition coefficient (Wildman–Crippen LogP) is 1.85. The fourth-order valence-electron chi connectivity index (χ4n) is 2.84. The van der Waals surface area contributed by atoms with Gasteiger partial charge in [-0.2, -0.15) is 0 Å². The number of aliphatic hydroxyl groups excluding tert-OH is 1. The second kappa shape index (κ2) is 16.8. The maximum absolute atomic E-state index is 12.4. The first-order valence-electron chi connectivity index (χ1n) is 10.7. The Bertz CT molecular complexity index is 882. The molecule has 1 aliphatic rings. The number of nitrogens with zero attached hydrogens (tertiary/aromatic N) is 2. The number of aromatic nitrogens is 3. The van der Waals surface area contributed by atoms with Crippen LogP contribution in [-0.2, 0) is 16.0 Å². The van der Waals surface area contributed by atoms with Gasteiger partial charge < -0.3 is 19.9 Å². The average Bonchev–Trinajstić information content (AvgIpc) is 3.31. The van der Waals surface area contributed by atoms with Crippen molar-refractivity contribution in [3.05, 3.63) is 62.7 Å². The molecule has 1 fully saturated rings. The molecular weight excluding hydrogens is 416 g/mol. The number of aliphatic hydroxyl groups is 1. The minimum absolute atomic E-state index is 0.118. The van der Waals surface area contributed by atoms with E-state index in [2.05, 4.69) is 15.3 Å². The third-order valence-corrected chi connectivity index (χ3v) is 4.16. The van der Waals surface area contributed by atoms with Gasteiger partial charge in [0.15, 0.2) is 0 Å². The van der Waals surface area contributed by atoms with Crippen LogP contribution in [0.25, 0.3) is 0 Å². The molecule has 0 radical (unpaired) electrons. The predicted molar refractivity (Wildman–Crippen MR) is 123 cm³/mol. The molecule has 0 spiro atoms. The number of nitrogens with one attached hydrogen (secondary N) is 2. The van der Waals surface area contributed by atoms with Crippen LogP contribution in [0.5, 0.6) is 0 Å². The lowest BCUT2D eigenvalue weighted by molar-refractivity contribution is -0.0336. The van der Waals surface area contributed by atoms with Crippen LogP contribution >= 0.6 is 0 Å². The van der Waals surface area contributed by atoms with Crippen LogP contribution in [0.3, 0.4) is 0 Å². The number of hydrogen-bond donors (Lipinski definition) is 3. The summed E-state index contributed by atoms with van der Waals surface area (Å²) in [6, 6.07) is 3.52. The van der Waals surface area contributed by atoms with Crippen molar-refractivity contribution in [2.24, 2.45) is 0 Å². The Morgan fingerprint density at radius 3 is 2.44 bits per heavy atom. The summed E-state index contributed by atoms with van der Waals surface area (Å²) < 4.78 is 12.1. The molecule has 2 aromatic rings. The Morgan fingerprint density at radius 1 is 1.22 bits per heavy atom. The molecule has 0 saturated carbocycles. The van der Waals surface area contributed by atoms with E-state index in [1.54, 1.807) is 31.6 Å². The molecule has 10 nitrogen and oxygen atoms in total. The molecule has 0 aromatic carbocycles. The van der Waals surface area contributed by atoms with Gasteiger partial charge in [0.2, 0.25) is 0 Å². The molecule has 2 atom stereocenters. The van der Waals surface area contributed by atoms with E-state index >= 15 is 0 Å². The van der Waals surface area contributed by atoms with E-state index in [0.717, 1.165) is 19.1 Å². The molecule has 2 aromatic heterocycles. The smallest absolute Gasteiger partial charge is 0.330 e. The molecule has 2 unspecified atom stereocenters. The molecule has 10 heteroatoms. The van der Waals surface area contributed by atoms with E-state index in [9.17, 15) is 14.4 Å². The first kappa shape index (κ1) is 29.2. The van der Waals surface area contributed by atoms with Crippen molar-refractivity contribution in [1.82, 2.24) is 19.9 Å². The fraction of sp³-hybridized carbons (Fsp3) is 0.545. The van der Waals surface area contributed by atoms with Gasteiger partial charge in [0.25, 0.3) is 11.5 Å². The third-order valence-electron chi connectivity index (χ3n) is 4.16. The minimum Gasteiger partial charge on any atom is -0.400 e. The number of pyridine rings is 1. The van der Waals surface area contributed by atoms with Gasteiger partial charge in [-0.3, -0.25) is 24.1 Å². The van der Waals surface area contributed by atoms with Crippen molar-refractivity contribution < 1.29 is 19.4 Å². The third kappa shape index (κ3) is 8.74. The number of methoxy groups -OCH3 is 1. The van der Waals surface area contributed by atoms with Crippen molar-refractivity contribution in [1.29, 1.82) is 0 Å². The van der Waals surface area contributed by atoms with Crippen LogP contribution in [0, 0.1) is 0 Å². The molecule has 0 bridgehead atoms. The number of carbonyl (C=O) groups is 1. The van der Waals surface area contributed by atoms with Crippen molar-refractivity contribution in [3.63, 3.8) is 0 Å². The highest BCUT2D eigenvalue weighted by molar-refractivity contribution is 5.93. The van der Waals surface area contributed by atoms with E-state index in [-0.39, 0.29) is 18.2 Å². The lowest BCUT2D eigenvalue weighted by Crippen LogP contribution is -2.38. The van der Waals surface area contributed by atoms with E-state index in [1.165, 1.54) is 10.8 Å². The fourth-order valence-corrected chi connectivity index (χ4v) is 2.84. The van der Waals surface area contributed by atoms with Gasteiger partial charge in [0, 0.05) is 39.4 Å². The average molecular weight is 453 g/mol. The number of carbonyl (C=O) groups excluding carboxylic acids is 1. The van der Waals surface area contributed by atoms with Crippen LogP contribution in [0.4, 0.5) is 0 Å². The molecule has 180 valence electrons. The minimum atomic E-state index is -0.732. The van der Waals surface area contributed by atoms with Crippen molar-refractivity contribution in [3.8, 4) is 0 Å². The first-order valence-corrected chi connectivity index (χ1v) is 10.7. The molecule has 3 heterocycles. The maximum atomic E-state index is 12.4. The molecule has 1 amide bonds. The summed E-state index contributed by atoms with van der Waals surface area (Å²) in [4.78, 5) is 42.6. The summed E-state index contributed by atoms with van der Waals surface area (Å²) in [5.41, 5.74) is -0.634. The summed E-state index contributed by atoms with van der Waals surface area (Å²) in [6.45, 7) is 8.67. The number of aromatic amines is 1. The Hall–Kier alpha value is -2.82.